The van der Waals surface area contributed by atoms with Gasteiger partial charge in [0.2, 0.25) is 86.8 Å². The van der Waals surface area contributed by atoms with Crippen LogP contribution in [0.25, 0.3) is 0 Å². The Morgan fingerprint density at radius 2 is 1.10 bits per heavy atom. The largest absolute Gasteiger partial charge is 0.393 e. The number of carbonyl (C=O) groups excluding carboxylic acids is 13. The average molecular weight is 1590 g/mol. The van der Waals surface area contributed by atoms with Crippen LogP contribution < -0.4 is 31.7 Å². The fraction of sp³-hybridized carbons (Fsp3) is 0.675. The third kappa shape index (κ3) is 29.7. The van der Waals surface area contributed by atoms with Gasteiger partial charge in [-0.2, -0.15) is 0 Å². The van der Waals surface area contributed by atoms with Crippen LogP contribution in [0.15, 0.2) is 48.5 Å². The number of sulfonamides is 1. The minimum atomic E-state index is -4.14. The molecule has 1 saturated heterocycles. The van der Waals surface area contributed by atoms with Crippen LogP contribution >= 0.6 is 23.2 Å². The van der Waals surface area contributed by atoms with Crippen LogP contribution in [-0.2, 0) is 85.2 Å². The van der Waals surface area contributed by atoms with E-state index < -0.39 is 184 Å². The third-order valence-electron chi connectivity index (χ3n) is 19.8. The Kier molecular flexibility index (Phi) is 38.6. The van der Waals surface area contributed by atoms with Gasteiger partial charge in [-0.15, -0.1) is 0 Å². The fourth-order valence-corrected chi connectivity index (χ4v) is 14.3. The molecule has 1 aliphatic heterocycles. The maximum absolute atomic E-state index is 15.7. The summed E-state index contributed by atoms with van der Waals surface area (Å²) < 4.78 is 26.6. The average Bonchev–Trinajstić information content (AvgIpc) is 0.794. The molecule has 2 aromatic rings. The van der Waals surface area contributed by atoms with E-state index in [1.165, 1.54) is 75.6 Å². The first-order chi connectivity index (χ1) is 50.7. The van der Waals surface area contributed by atoms with E-state index in [1.54, 1.807) is 83.1 Å². The van der Waals surface area contributed by atoms with Gasteiger partial charge >= 0.3 is 0 Å². The topological polar surface area (TPSA) is 385 Å². The minimum Gasteiger partial charge on any atom is -0.393 e. The molecule has 1 unspecified atom stereocenters. The van der Waals surface area contributed by atoms with Crippen molar-refractivity contribution in [2.24, 2.45) is 35.3 Å². The number of hydrogen-bond donors (Lipinski definition) is 7. The lowest BCUT2D eigenvalue weighted by Gasteiger charge is -2.41. The molecule has 29 nitrogen and oxygen atoms in total. The molecule has 0 radical (unpaired) electrons. The number of aliphatic hydroxyl groups is 1. The minimum absolute atomic E-state index is 0.0150. The first-order valence-electron chi connectivity index (χ1n) is 37.8. The number of nitrogens with two attached hydrogens (primary N) is 1. The molecule has 3 rings (SSSR count). The standard InChI is InChI=1S/C77H123Cl2N13O16S/c1-20-22-34-92(71(101)50(11)51(12)93)45-65(96)86(14)60(39-48(7)8)69(99)84-77(13,33-32-63(94)85-109(19,107)108)76(106)89(17)62(43-53-29-27-31-55(79)41-53)75(105)90(18)66(49(9)10)70(100)83-58(74(104)91-35-24-23-25-36-91)44-64(95)81-56(37-46(3)4)72(102)88(16)61(42-52-28-26-30-54(78)40-52)68(98)82-57(38-47(5)6)73(103)87(15)59(21-2)67(80)97/h26-31,40-41,46-51,56-62,66,93H,20-25,32-39,42-45H2,1-19H3,(H2,80,97)(H,81,95)(H,82,98)(H,83,100)(H,84,99)(H,85,94)/t50-,51+,56+,57-,58-,59-,60-,61-,62-,66-,77?/m0/s1. The van der Waals surface area contributed by atoms with Crippen molar-refractivity contribution >= 4 is 110 Å². The zero-order chi connectivity index (χ0) is 82.9. The molecule has 0 aromatic heterocycles. The summed E-state index contributed by atoms with van der Waals surface area (Å²) in [6.07, 6.45) is 0.940. The van der Waals surface area contributed by atoms with Crippen molar-refractivity contribution in [1.29, 1.82) is 0 Å². The molecule has 0 aliphatic carbocycles. The van der Waals surface area contributed by atoms with Gasteiger partial charge in [-0.3, -0.25) is 67.1 Å². The van der Waals surface area contributed by atoms with Crippen molar-refractivity contribution in [2.75, 3.05) is 67.7 Å². The molecule has 2 aromatic carbocycles. The SMILES string of the molecule is CCCCN(CC(=O)N(C)[C@@H](CC(C)C)C(=O)NC(C)(CCC(=O)NS(C)(=O)=O)C(=O)N(C)[C@@H](Cc1cccc(Cl)c1)C(=O)N(C)[C@H](C(=O)N[C@@H](CC(=O)N[C@H](CC(C)C)C(=O)N(C)[C@@H](Cc1cccc(Cl)c1)C(=O)N[C@@H](CC(C)C)C(=O)N(C)[C@@H](CC)C(N)=O)C(=O)N1CCCCC1)C(C)C)C(=O)[C@@H](C)[C@@H](C)O. The highest BCUT2D eigenvalue weighted by atomic mass is 35.5. The number of nitrogens with one attached hydrogen (secondary N) is 5. The van der Waals surface area contributed by atoms with Crippen LogP contribution in [0, 0.1) is 29.6 Å². The number of likely N-dealkylation sites (tertiary alicyclic amines) is 1. The molecular weight excluding hydrogens is 1470 g/mol. The van der Waals surface area contributed by atoms with Gasteiger partial charge in [0.25, 0.3) is 0 Å². The number of primary amides is 1. The molecule has 1 heterocycles. The molecule has 8 N–H and O–H groups in total. The molecule has 0 spiro atoms. The van der Waals surface area contributed by atoms with E-state index in [9.17, 15) is 51.9 Å². The van der Waals surface area contributed by atoms with Gasteiger partial charge in [-0.1, -0.05) is 130 Å². The molecule has 0 bridgehead atoms. The second-order valence-electron chi connectivity index (χ2n) is 31.0. The van der Waals surface area contributed by atoms with Crippen LogP contribution in [0.4, 0.5) is 0 Å². The van der Waals surface area contributed by atoms with Crippen molar-refractivity contribution in [2.45, 2.75) is 240 Å². The predicted octanol–water partition coefficient (Wildman–Crippen LogP) is 4.84. The van der Waals surface area contributed by atoms with Crippen LogP contribution in [-0.4, -0.2) is 252 Å². The van der Waals surface area contributed by atoms with Crippen molar-refractivity contribution in [3.8, 4) is 0 Å². The summed E-state index contributed by atoms with van der Waals surface area (Å²) in [6, 6.07) is 2.23. The summed E-state index contributed by atoms with van der Waals surface area (Å²) in [5, 5.41) is 22.2. The van der Waals surface area contributed by atoms with E-state index in [2.05, 4.69) is 21.3 Å². The first kappa shape index (κ1) is 95.2. The van der Waals surface area contributed by atoms with Gasteiger partial charge in [0.1, 0.15) is 53.9 Å². The Balaban J connectivity index is 2.19. The van der Waals surface area contributed by atoms with Crippen LogP contribution in [0.5, 0.6) is 0 Å². The number of benzene rings is 2. The lowest BCUT2D eigenvalue weighted by Crippen LogP contribution is -2.65. The van der Waals surface area contributed by atoms with Crippen molar-refractivity contribution in [3.05, 3.63) is 69.7 Å². The summed E-state index contributed by atoms with van der Waals surface area (Å²) >= 11 is 13.0. The monoisotopic (exact) mass is 1590 g/mol. The normalized spacial score (nSPS) is 15.8. The van der Waals surface area contributed by atoms with Gasteiger partial charge in [0.05, 0.1) is 31.2 Å². The van der Waals surface area contributed by atoms with E-state index in [0.29, 0.717) is 41.8 Å². The maximum atomic E-state index is 15.7. The van der Waals surface area contributed by atoms with Crippen LogP contribution in [0.2, 0.25) is 10.0 Å². The molecular formula is C77H123Cl2N13O16S. The van der Waals surface area contributed by atoms with E-state index in [1.807, 2.05) is 39.3 Å². The Hall–Kier alpha value is -7.96. The van der Waals surface area contributed by atoms with Crippen LogP contribution in [0.3, 0.4) is 0 Å². The molecule has 0 saturated carbocycles. The number of likely N-dealkylation sites (N-methyl/N-ethyl adjacent to an activating group) is 5. The number of amides is 13. The van der Waals surface area contributed by atoms with Crippen molar-refractivity contribution < 1.29 is 75.9 Å². The number of halogens is 2. The Morgan fingerprint density at radius 1 is 0.596 bits per heavy atom. The molecule has 612 valence electrons. The number of unbranched alkanes of at least 4 members (excludes halogenated alkanes) is 1. The van der Waals surface area contributed by atoms with E-state index in [4.69, 9.17) is 28.9 Å². The number of hydrogen-bond acceptors (Lipinski definition) is 16. The summed E-state index contributed by atoms with van der Waals surface area (Å²) in [7, 11) is 2.62. The van der Waals surface area contributed by atoms with Crippen molar-refractivity contribution in [1.82, 2.24) is 60.3 Å². The quantitative estimate of drug-likeness (QED) is 0.0467. The predicted molar refractivity (Wildman–Crippen MR) is 418 cm³/mol. The molecule has 13 amide bonds. The second-order valence-corrected chi connectivity index (χ2v) is 33.6. The van der Waals surface area contributed by atoms with E-state index in [0.717, 1.165) is 27.4 Å². The maximum Gasteiger partial charge on any atom is 0.248 e. The highest BCUT2D eigenvalue weighted by Gasteiger charge is 2.46. The third-order valence-corrected chi connectivity index (χ3v) is 20.8. The summed E-state index contributed by atoms with van der Waals surface area (Å²) in [5.74, 6) is -12.4. The second kappa shape index (κ2) is 44.2. The zero-order valence-electron chi connectivity index (χ0n) is 67.4. The summed E-state index contributed by atoms with van der Waals surface area (Å²) in [5.41, 5.74) is 4.45. The van der Waals surface area contributed by atoms with Crippen LogP contribution in [0.1, 0.15) is 178 Å². The van der Waals surface area contributed by atoms with Gasteiger partial charge in [-0.25, -0.2) is 8.42 Å². The highest BCUT2D eigenvalue weighted by Crippen LogP contribution is 2.27. The number of piperidine rings is 1. The number of nitrogens with zero attached hydrogens (tertiary/aromatic N) is 7. The molecule has 11 atom stereocenters. The zero-order valence-corrected chi connectivity index (χ0v) is 69.7. The Bertz CT molecular complexity index is 3600. The molecule has 1 fully saturated rings. The number of carbonyl (C=O) groups is 13. The smallest absolute Gasteiger partial charge is 0.248 e. The number of rotatable bonds is 43. The lowest BCUT2D eigenvalue weighted by molar-refractivity contribution is -0.153. The lowest BCUT2D eigenvalue weighted by atomic mass is 9.90. The van der Waals surface area contributed by atoms with E-state index >= 15 is 24.0 Å². The summed E-state index contributed by atoms with van der Waals surface area (Å²) in [6.45, 7) is 22.3. The van der Waals surface area contributed by atoms with Gasteiger partial charge < -0.3 is 66.4 Å². The Morgan fingerprint density at radius 3 is 1.57 bits per heavy atom. The molecule has 32 heteroatoms. The highest BCUT2D eigenvalue weighted by molar-refractivity contribution is 7.89. The van der Waals surface area contributed by atoms with Gasteiger partial charge in [0.15, 0.2) is 0 Å². The molecule has 1 aliphatic rings. The first-order valence-corrected chi connectivity index (χ1v) is 40.4. The fourth-order valence-electron chi connectivity index (χ4n) is 13.4. The number of aliphatic hydroxyl groups excluding tert-OH is 1. The molecule has 109 heavy (non-hydrogen) atoms. The van der Waals surface area contributed by atoms with Gasteiger partial charge in [0, 0.05) is 84.2 Å². The Labute approximate surface area is 655 Å². The van der Waals surface area contributed by atoms with Crippen molar-refractivity contribution in [3.63, 3.8) is 0 Å². The summed E-state index contributed by atoms with van der Waals surface area (Å²) in [4.78, 5) is 198. The van der Waals surface area contributed by atoms with E-state index in [-0.39, 0.29) is 80.9 Å². The van der Waals surface area contributed by atoms with Gasteiger partial charge in [-0.05, 0) is 131 Å².